The van der Waals surface area contributed by atoms with Crippen molar-refractivity contribution < 1.29 is 0 Å². The van der Waals surface area contributed by atoms with E-state index in [0.717, 1.165) is 19.3 Å². The molecule has 0 radical (unpaired) electrons. The summed E-state index contributed by atoms with van der Waals surface area (Å²) in [6, 6.07) is 2.44. The van der Waals surface area contributed by atoms with Gasteiger partial charge in [0.1, 0.15) is 5.54 Å². The predicted molar refractivity (Wildman–Crippen MR) is 71.8 cm³/mol. The van der Waals surface area contributed by atoms with Gasteiger partial charge in [0.2, 0.25) is 17.2 Å². The van der Waals surface area contributed by atoms with E-state index in [1.165, 1.54) is 6.42 Å². The van der Waals surface area contributed by atoms with Gasteiger partial charge in [0.25, 0.3) is 0 Å². The molecule has 1 heterocycles. The molecule has 0 aliphatic heterocycles. The third kappa shape index (κ3) is 2.08. The van der Waals surface area contributed by atoms with Crippen molar-refractivity contribution in [2.45, 2.75) is 31.2 Å². The molecule has 2 aliphatic rings. The van der Waals surface area contributed by atoms with E-state index in [0.29, 0.717) is 23.7 Å². The average Bonchev–Trinajstić information content (AvgIpc) is 2.98. The van der Waals surface area contributed by atoms with Gasteiger partial charge in [0.15, 0.2) is 0 Å². The first-order valence-electron chi connectivity index (χ1n) is 6.44. The van der Waals surface area contributed by atoms with E-state index in [4.69, 9.17) is 11.6 Å². The number of fused-ring (bicyclic) bond motifs is 2. The first-order chi connectivity index (χ1) is 9.15. The maximum Gasteiger partial charge on any atom is 0.230 e. The van der Waals surface area contributed by atoms with Crippen molar-refractivity contribution in [1.82, 2.24) is 15.0 Å². The van der Waals surface area contributed by atoms with E-state index in [9.17, 15) is 5.26 Å². The van der Waals surface area contributed by atoms with Gasteiger partial charge in [-0.05, 0) is 49.1 Å². The lowest BCUT2D eigenvalue weighted by Crippen LogP contribution is -2.42. The van der Waals surface area contributed by atoms with Crippen molar-refractivity contribution in [3.8, 4) is 6.07 Å². The summed E-state index contributed by atoms with van der Waals surface area (Å²) in [6.45, 7) is 0. The number of hydrogen-bond donors (Lipinski definition) is 2. The molecule has 2 N–H and O–H groups in total. The van der Waals surface area contributed by atoms with Crippen molar-refractivity contribution in [3.63, 3.8) is 0 Å². The van der Waals surface area contributed by atoms with Gasteiger partial charge in [0, 0.05) is 7.05 Å². The molecule has 2 fully saturated rings. The molecule has 0 amide bonds. The van der Waals surface area contributed by atoms with Crippen LogP contribution in [0.1, 0.15) is 25.7 Å². The topological polar surface area (TPSA) is 86.5 Å². The summed E-state index contributed by atoms with van der Waals surface area (Å²) in [7, 11) is 1.72. The molecule has 1 aromatic rings. The number of nitrogens with one attached hydrogen (secondary N) is 2. The predicted octanol–water partition coefficient (Wildman–Crippen LogP) is 2.06. The fourth-order valence-corrected chi connectivity index (χ4v) is 3.53. The normalized spacial score (nSPS) is 32.1. The molecule has 1 aromatic heterocycles. The van der Waals surface area contributed by atoms with Crippen molar-refractivity contribution >= 4 is 23.5 Å². The summed E-state index contributed by atoms with van der Waals surface area (Å²) in [4.78, 5) is 12.2. The number of anilines is 2. The van der Waals surface area contributed by atoms with Gasteiger partial charge in [-0.2, -0.15) is 20.2 Å². The number of hydrogen-bond acceptors (Lipinski definition) is 6. The second kappa shape index (κ2) is 4.49. The molecule has 3 atom stereocenters. The lowest BCUT2D eigenvalue weighted by atomic mass is 9.82. The zero-order valence-corrected chi connectivity index (χ0v) is 11.4. The lowest BCUT2D eigenvalue weighted by Gasteiger charge is -2.31. The molecule has 2 bridgehead atoms. The Bertz CT molecular complexity index is 542. The monoisotopic (exact) mass is 278 g/mol. The number of nitriles is 1. The molecule has 100 valence electrons. The zero-order valence-electron chi connectivity index (χ0n) is 10.6. The highest BCUT2D eigenvalue weighted by atomic mass is 35.5. The van der Waals surface area contributed by atoms with Crippen LogP contribution in [0, 0.1) is 23.2 Å². The Balaban J connectivity index is 1.88. The Hall–Kier alpha value is -1.61. The van der Waals surface area contributed by atoms with Crippen LogP contribution in [-0.2, 0) is 0 Å². The van der Waals surface area contributed by atoms with Gasteiger partial charge in [0.05, 0.1) is 6.07 Å². The highest BCUT2D eigenvalue weighted by Gasteiger charge is 2.52. The van der Waals surface area contributed by atoms with Crippen molar-refractivity contribution in [3.05, 3.63) is 5.28 Å². The van der Waals surface area contributed by atoms with Crippen LogP contribution >= 0.6 is 11.6 Å². The van der Waals surface area contributed by atoms with Gasteiger partial charge >= 0.3 is 0 Å². The average molecular weight is 279 g/mol. The van der Waals surface area contributed by atoms with Crippen LogP contribution in [0.4, 0.5) is 11.9 Å². The maximum atomic E-state index is 9.56. The van der Waals surface area contributed by atoms with Crippen molar-refractivity contribution in [2.75, 3.05) is 17.7 Å². The number of nitrogens with zero attached hydrogens (tertiary/aromatic N) is 4. The van der Waals surface area contributed by atoms with Gasteiger partial charge < -0.3 is 10.6 Å². The summed E-state index contributed by atoms with van der Waals surface area (Å²) in [5.74, 6) is 1.81. The van der Waals surface area contributed by atoms with Crippen LogP contribution in [0.2, 0.25) is 5.28 Å². The minimum absolute atomic E-state index is 0.123. The number of rotatable bonds is 3. The Morgan fingerprint density at radius 2 is 2.11 bits per heavy atom. The van der Waals surface area contributed by atoms with E-state index in [-0.39, 0.29) is 5.28 Å². The van der Waals surface area contributed by atoms with Crippen LogP contribution in [0.25, 0.3) is 0 Å². The van der Waals surface area contributed by atoms with Gasteiger partial charge in [-0.1, -0.05) is 0 Å². The van der Waals surface area contributed by atoms with Gasteiger partial charge in [-0.15, -0.1) is 0 Å². The van der Waals surface area contributed by atoms with Crippen LogP contribution in [0.15, 0.2) is 0 Å². The minimum atomic E-state index is -0.543. The highest BCUT2D eigenvalue weighted by Crippen LogP contribution is 2.51. The van der Waals surface area contributed by atoms with Gasteiger partial charge in [-0.25, -0.2) is 0 Å². The highest BCUT2D eigenvalue weighted by molar-refractivity contribution is 6.28. The third-order valence-electron chi connectivity index (χ3n) is 4.21. The second-order valence-corrected chi connectivity index (χ2v) is 5.63. The van der Waals surface area contributed by atoms with E-state index < -0.39 is 5.54 Å². The molecule has 6 nitrogen and oxygen atoms in total. The molecule has 2 saturated carbocycles. The largest absolute Gasteiger partial charge is 0.357 e. The lowest BCUT2D eigenvalue weighted by molar-refractivity contribution is 0.366. The van der Waals surface area contributed by atoms with Crippen molar-refractivity contribution in [2.24, 2.45) is 11.8 Å². The Labute approximate surface area is 116 Å². The fraction of sp³-hybridized carbons (Fsp3) is 0.667. The Morgan fingerprint density at radius 1 is 1.32 bits per heavy atom. The maximum absolute atomic E-state index is 9.56. The SMILES string of the molecule is CNc1nc(Cl)nc(NC2(C#N)CC3CCC2C3)n1. The van der Waals surface area contributed by atoms with E-state index in [1.807, 2.05) is 0 Å². The second-order valence-electron chi connectivity index (χ2n) is 5.29. The molecule has 19 heavy (non-hydrogen) atoms. The van der Waals surface area contributed by atoms with Crippen LogP contribution < -0.4 is 10.6 Å². The van der Waals surface area contributed by atoms with Crippen LogP contribution in [0.3, 0.4) is 0 Å². The summed E-state index contributed by atoms with van der Waals surface area (Å²) < 4.78 is 0. The minimum Gasteiger partial charge on any atom is -0.357 e. The molecule has 7 heteroatoms. The third-order valence-corrected chi connectivity index (χ3v) is 4.38. The summed E-state index contributed by atoms with van der Waals surface area (Å²) in [6.07, 6.45) is 4.32. The summed E-state index contributed by atoms with van der Waals surface area (Å²) >= 11 is 5.86. The smallest absolute Gasteiger partial charge is 0.230 e. The van der Waals surface area contributed by atoms with E-state index in [1.54, 1.807) is 7.05 Å². The summed E-state index contributed by atoms with van der Waals surface area (Å²) in [5, 5.41) is 15.7. The zero-order chi connectivity index (χ0) is 13.5. The van der Waals surface area contributed by atoms with E-state index >= 15 is 0 Å². The van der Waals surface area contributed by atoms with Crippen LogP contribution in [-0.4, -0.2) is 27.5 Å². The first-order valence-corrected chi connectivity index (χ1v) is 6.82. The van der Waals surface area contributed by atoms with Crippen molar-refractivity contribution in [1.29, 1.82) is 5.26 Å². The molecule has 0 aromatic carbocycles. The molecule has 3 unspecified atom stereocenters. The quantitative estimate of drug-likeness (QED) is 0.880. The number of aromatic nitrogens is 3. The fourth-order valence-electron chi connectivity index (χ4n) is 3.37. The van der Waals surface area contributed by atoms with Crippen LogP contribution in [0.5, 0.6) is 0 Å². The molecule has 0 spiro atoms. The molecular formula is C12H15ClN6. The Kier molecular flexibility index (Phi) is 2.94. The number of halogens is 1. The molecule has 3 rings (SSSR count). The van der Waals surface area contributed by atoms with Gasteiger partial charge in [-0.3, -0.25) is 0 Å². The first kappa shape index (κ1) is 12.4. The standard InChI is InChI=1S/C12H15ClN6/c1-15-10-16-9(13)17-11(18-10)19-12(6-14)5-7-2-3-8(12)4-7/h7-8H,2-5H2,1H3,(H2,15,16,17,18,19). The molecule has 2 aliphatic carbocycles. The molecular weight excluding hydrogens is 264 g/mol. The molecule has 0 saturated heterocycles. The summed E-state index contributed by atoms with van der Waals surface area (Å²) in [5.41, 5.74) is -0.543. The Morgan fingerprint density at radius 3 is 2.68 bits per heavy atom. The van der Waals surface area contributed by atoms with E-state index in [2.05, 4.69) is 31.7 Å².